The number of ether oxygens (including phenoxy) is 2. The van der Waals surface area contributed by atoms with Crippen LogP contribution >= 0.6 is 0 Å². The highest BCUT2D eigenvalue weighted by atomic mass is 16.5. The van der Waals surface area contributed by atoms with E-state index in [-0.39, 0.29) is 25.6 Å². The largest absolute Gasteiger partial charge is 0.459 e. The van der Waals surface area contributed by atoms with Gasteiger partial charge in [0, 0.05) is 18.9 Å². The van der Waals surface area contributed by atoms with Gasteiger partial charge in [-0.2, -0.15) is 0 Å². The first-order valence-electron chi connectivity index (χ1n) is 16.4. The van der Waals surface area contributed by atoms with Crippen molar-refractivity contribution in [2.24, 2.45) is 0 Å². The van der Waals surface area contributed by atoms with Crippen LogP contribution in [0.25, 0.3) is 11.1 Å². The molecule has 0 bridgehead atoms. The first-order valence-corrected chi connectivity index (χ1v) is 16.4. The molecule has 6 rings (SSSR count). The van der Waals surface area contributed by atoms with Crippen LogP contribution in [0.2, 0.25) is 0 Å². The third kappa shape index (κ3) is 7.41. The number of nitrogens with zero attached hydrogens (tertiary/aromatic N) is 1. The van der Waals surface area contributed by atoms with Crippen LogP contribution in [-0.2, 0) is 36.9 Å². The predicted molar refractivity (Wildman–Crippen MR) is 181 cm³/mol. The predicted octanol–water partition coefficient (Wildman–Crippen LogP) is 5.38. The molecule has 9 heteroatoms. The van der Waals surface area contributed by atoms with E-state index >= 15 is 0 Å². The molecule has 4 aromatic rings. The fourth-order valence-corrected chi connectivity index (χ4v) is 6.57. The van der Waals surface area contributed by atoms with Crippen LogP contribution in [0.15, 0.2) is 109 Å². The Bertz CT molecular complexity index is 1720. The van der Waals surface area contributed by atoms with Crippen molar-refractivity contribution in [3.8, 4) is 11.1 Å². The standard InChI is InChI=1S/C39H39N3O6/c1-26(40-39(46)48-25-33-31-19-10-8-17-29(31)30-18-9-11-20-32(30)33)37(44)42-22-12-21-35(42)36(43)41-34(23-27-13-4-2-5-14-27)38(45)47-24-28-15-6-3-7-16-28/h2-11,13-20,26,33-35H,12,21-25H2,1H3,(H,40,46)(H,41,43)/t26-,34+,35-/m0/s1. The number of likely N-dealkylation sites (tertiary alicyclic amines) is 1. The molecule has 0 aromatic heterocycles. The molecule has 0 saturated carbocycles. The molecule has 1 fully saturated rings. The van der Waals surface area contributed by atoms with Gasteiger partial charge in [0.1, 0.15) is 31.3 Å². The molecule has 1 aliphatic heterocycles. The number of amides is 3. The van der Waals surface area contributed by atoms with Gasteiger partial charge in [-0.1, -0.05) is 109 Å². The van der Waals surface area contributed by atoms with Crippen LogP contribution in [0.1, 0.15) is 47.9 Å². The minimum atomic E-state index is -0.947. The summed E-state index contributed by atoms with van der Waals surface area (Å²) < 4.78 is 11.2. The number of carbonyl (C=O) groups excluding carboxylic acids is 4. The number of hydrogen-bond donors (Lipinski definition) is 2. The van der Waals surface area contributed by atoms with Crippen molar-refractivity contribution >= 4 is 23.9 Å². The minimum absolute atomic E-state index is 0.0773. The van der Waals surface area contributed by atoms with E-state index in [0.29, 0.717) is 19.4 Å². The van der Waals surface area contributed by atoms with Gasteiger partial charge in [-0.25, -0.2) is 9.59 Å². The number of benzene rings is 4. The van der Waals surface area contributed by atoms with Crippen molar-refractivity contribution in [2.45, 2.75) is 56.8 Å². The summed E-state index contributed by atoms with van der Waals surface area (Å²) in [6, 6.07) is 32.2. The Labute approximate surface area is 280 Å². The Balaban J connectivity index is 1.06. The van der Waals surface area contributed by atoms with Crippen molar-refractivity contribution in [1.82, 2.24) is 15.5 Å². The van der Waals surface area contributed by atoms with Crippen molar-refractivity contribution in [2.75, 3.05) is 13.2 Å². The van der Waals surface area contributed by atoms with Crippen LogP contribution in [0, 0.1) is 0 Å². The SMILES string of the molecule is C[C@H](NC(=O)OCC1c2ccccc2-c2ccccc21)C(=O)N1CCC[C@H]1C(=O)N[C@H](Cc1ccccc1)C(=O)OCc1ccccc1. The highest BCUT2D eigenvalue weighted by Gasteiger charge is 2.38. The number of fused-ring (bicyclic) bond motifs is 3. The van der Waals surface area contributed by atoms with Crippen LogP contribution in [0.3, 0.4) is 0 Å². The van der Waals surface area contributed by atoms with Crippen LogP contribution in [0.5, 0.6) is 0 Å². The minimum Gasteiger partial charge on any atom is -0.459 e. The smallest absolute Gasteiger partial charge is 0.407 e. The topological polar surface area (TPSA) is 114 Å². The second kappa shape index (κ2) is 15.0. The second-order valence-electron chi connectivity index (χ2n) is 12.2. The van der Waals surface area contributed by atoms with Gasteiger partial charge in [-0.15, -0.1) is 0 Å². The molecule has 9 nitrogen and oxygen atoms in total. The molecule has 246 valence electrons. The Hall–Kier alpha value is -5.44. The Kier molecular flexibility index (Phi) is 10.1. The van der Waals surface area contributed by atoms with E-state index in [4.69, 9.17) is 9.47 Å². The molecule has 0 spiro atoms. The van der Waals surface area contributed by atoms with E-state index in [1.807, 2.05) is 97.1 Å². The lowest BCUT2D eigenvalue weighted by atomic mass is 9.98. The van der Waals surface area contributed by atoms with Crippen molar-refractivity contribution in [3.63, 3.8) is 0 Å². The number of nitrogens with one attached hydrogen (secondary N) is 2. The number of rotatable bonds is 11. The van der Waals surface area contributed by atoms with Gasteiger partial charge in [0.25, 0.3) is 0 Å². The second-order valence-corrected chi connectivity index (χ2v) is 12.2. The summed E-state index contributed by atoms with van der Waals surface area (Å²) in [7, 11) is 0. The highest BCUT2D eigenvalue weighted by Crippen LogP contribution is 2.44. The average molecular weight is 646 g/mol. The Morgan fingerprint density at radius 1 is 0.750 bits per heavy atom. The fourth-order valence-electron chi connectivity index (χ4n) is 6.57. The molecule has 0 radical (unpaired) electrons. The number of hydrogen-bond acceptors (Lipinski definition) is 6. The van der Waals surface area contributed by atoms with Gasteiger partial charge in [-0.3, -0.25) is 9.59 Å². The van der Waals surface area contributed by atoms with Crippen LogP contribution in [-0.4, -0.2) is 60.1 Å². The Morgan fingerprint density at radius 2 is 1.33 bits per heavy atom. The number of alkyl carbamates (subject to hydrolysis) is 1. The van der Waals surface area contributed by atoms with E-state index in [0.717, 1.165) is 33.4 Å². The molecular weight excluding hydrogens is 606 g/mol. The first-order chi connectivity index (χ1) is 23.4. The maximum atomic E-state index is 13.6. The van der Waals surface area contributed by atoms with Gasteiger partial charge >= 0.3 is 12.1 Å². The zero-order valence-electron chi connectivity index (χ0n) is 26.8. The first kappa shape index (κ1) is 32.5. The normalized spacial score (nSPS) is 16.3. The van der Waals surface area contributed by atoms with Crippen LogP contribution < -0.4 is 10.6 Å². The third-order valence-electron chi connectivity index (χ3n) is 8.99. The van der Waals surface area contributed by atoms with Gasteiger partial charge < -0.3 is 25.0 Å². The molecule has 0 unspecified atom stereocenters. The summed E-state index contributed by atoms with van der Waals surface area (Å²) >= 11 is 0. The van der Waals surface area contributed by atoms with E-state index in [1.165, 1.54) is 4.90 Å². The van der Waals surface area contributed by atoms with Gasteiger partial charge in [-0.05, 0) is 53.1 Å². The molecule has 1 heterocycles. The summed E-state index contributed by atoms with van der Waals surface area (Å²) in [5, 5.41) is 5.51. The summed E-state index contributed by atoms with van der Waals surface area (Å²) in [5.41, 5.74) is 6.13. The summed E-state index contributed by atoms with van der Waals surface area (Å²) in [6.45, 7) is 2.14. The van der Waals surface area contributed by atoms with E-state index in [9.17, 15) is 19.2 Å². The Morgan fingerprint density at radius 3 is 1.98 bits per heavy atom. The molecular formula is C39H39N3O6. The van der Waals surface area contributed by atoms with Crippen molar-refractivity contribution < 1.29 is 28.7 Å². The third-order valence-corrected chi connectivity index (χ3v) is 8.99. The highest BCUT2D eigenvalue weighted by molar-refractivity contribution is 5.93. The van der Waals surface area contributed by atoms with E-state index in [1.54, 1.807) is 6.92 Å². The van der Waals surface area contributed by atoms with E-state index in [2.05, 4.69) is 22.8 Å². The average Bonchev–Trinajstić information content (AvgIpc) is 3.73. The summed E-state index contributed by atoms with van der Waals surface area (Å²) in [6.07, 6.45) is 0.581. The fraction of sp³-hybridized carbons (Fsp3) is 0.282. The van der Waals surface area contributed by atoms with Gasteiger partial charge in [0.05, 0.1) is 0 Å². The molecule has 3 atom stereocenters. The lowest BCUT2D eigenvalue weighted by molar-refractivity contribution is -0.150. The molecule has 48 heavy (non-hydrogen) atoms. The molecule has 4 aromatic carbocycles. The lowest BCUT2D eigenvalue weighted by Crippen LogP contribution is -2.55. The zero-order valence-corrected chi connectivity index (χ0v) is 26.8. The summed E-state index contributed by atoms with van der Waals surface area (Å²) in [4.78, 5) is 54.7. The van der Waals surface area contributed by atoms with Gasteiger partial charge in [0.15, 0.2) is 0 Å². The lowest BCUT2D eigenvalue weighted by Gasteiger charge is -2.28. The van der Waals surface area contributed by atoms with Crippen LogP contribution in [0.4, 0.5) is 4.79 Å². The molecule has 1 aliphatic carbocycles. The quantitative estimate of drug-likeness (QED) is 0.212. The molecule has 3 amide bonds. The maximum absolute atomic E-state index is 13.6. The van der Waals surface area contributed by atoms with E-state index < -0.39 is 42.0 Å². The monoisotopic (exact) mass is 645 g/mol. The van der Waals surface area contributed by atoms with Crippen molar-refractivity contribution in [1.29, 1.82) is 0 Å². The molecule has 1 saturated heterocycles. The molecule has 2 aliphatic rings. The summed E-state index contributed by atoms with van der Waals surface area (Å²) in [5.74, 6) is -1.50. The van der Waals surface area contributed by atoms with Gasteiger partial charge in [0.2, 0.25) is 11.8 Å². The zero-order chi connectivity index (χ0) is 33.5. The molecule has 2 N–H and O–H groups in total. The maximum Gasteiger partial charge on any atom is 0.407 e. The van der Waals surface area contributed by atoms with Crippen molar-refractivity contribution in [3.05, 3.63) is 131 Å². The number of esters is 1. The number of carbonyl (C=O) groups is 4.